The molecule has 0 atom stereocenters. The van der Waals surface area contributed by atoms with E-state index in [0.29, 0.717) is 16.7 Å². The van der Waals surface area contributed by atoms with E-state index in [1.165, 1.54) is 30.6 Å². The number of phenols is 1. The molecule has 3 N–H and O–H groups in total. The number of carbonyl (C=O) groups is 2. The minimum Gasteiger partial charge on any atom is -0.507 e. The van der Waals surface area contributed by atoms with Crippen LogP contribution in [0.3, 0.4) is 0 Å². The number of fused-ring (bicyclic) bond motifs is 2. The maximum atomic E-state index is 13.2. The van der Waals surface area contributed by atoms with Crippen molar-refractivity contribution in [1.82, 2.24) is 9.97 Å². The van der Waals surface area contributed by atoms with E-state index in [4.69, 9.17) is 27.6 Å². The zero-order valence-corrected chi connectivity index (χ0v) is 22.6. The Labute approximate surface area is 246 Å². The van der Waals surface area contributed by atoms with Gasteiger partial charge in [-0.3, -0.25) is 14.8 Å². The van der Waals surface area contributed by atoms with Gasteiger partial charge in [-0.15, -0.1) is 0 Å². The highest BCUT2D eigenvalue weighted by Gasteiger charge is 2.30. The average molecular weight is 599 g/mol. The monoisotopic (exact) mass is 598 g/mol. The van der Waals surface area contributed by atoms with Crippen molar-refractivity contribution in [1.29, 1.82) is 0 Å². The van der Waals surface area contributed by atoms with Gasteiger partial charge in [-0.25, -0.2) is 9.59 Å². The molecule has 206 valence electrons. The minimum absolute atomic E-state index is 0.0351. The summed E-state index contributed by atoms with van der Waals surface area (Å²) in [5.41, 5.74) is 0.532. The second kappa shape index (κ2) is 10.3. The van der Waals surface area contributed by atoms with E-state index in [0.717, 1.165) is 6.07 Å². The summed E-state index contributed by atoms with van der Waals surface area (Å²) in [7, 11) is 0. The molecule has 3 heterocycles. The number of hydrogen-bond acceptors (Lipinski definition) is 7. The van der Waals surface area contributed by atoms with Crippen LogP contribution in [0.2, 0.25) is 10.0 Å². The summed E-state index contributed by atoms with van der Waals surface area (Å²) in [6, 6.07) is 13.3. The standard InChI is InChI=1S/C31H16Cl2N2O7/c32-21-9-20(30(38)39)29(33)28(27(21)31(40)41)26-18-7-16(14-3-1-5-34-12-14)22(36)10-24(18)42-25-11-23(37)17(8-19(25)26)15-4-2-6-35-13-15/h1-13,36H,(H,38,39)(H,40,41). The molecular weight excluding hydrogens is 583 g/mol. The Morgan fingerprint density at radius 3 is 2.05 bits per heavy atom. The van der Waals surface area contributed by atoms with Gasteiger partial charge in [0.1, 0.15) is 17.1 Å². The van der Waals surface area contributed by atoms with Crippen molar-refractivity contribution in [2.75, 3.05) is 0 Å². The fourth-order valence-corrected chi connectivity index (χ4v) is 5.56. The lowest BCUT2D eigenvalue weighted by atomic mass is 9.87. The molecule has 2 aromatic heterocycles. The Balaban J connectivity index is 1.86. The first-order valence-electron chi connectivity index (χ1n) is 12.2. The molecular formula is C31H16Cl2N2O7. The van der Waals surface area contributed by atoms with Gasteiger partial charge < -0.3 is 19.7 Å². The number of aromatic carboxylic acids is 2. The fourth-order valence-electron chi connectivity index (χ4n) is 4.95. The zero-order valence-electron chi connectivity index (χ0n) is 21.1. The van der Waals surface area contributed by atoms with Crippen LogP contribution < -0.4 is 5.43 Å². The molecule has 4 aromatic rings. The van der Waals surface area contributed by atoms with Crippen molar-refractivity contribution in [2.24, 2.45) is 0 Å². The van der Waals surface area contributed by atoms with E-state index in [1.807, 2.05) is 0 Å². The molecule has 0 radical (unpaired) electrons. The van der Waals surface area contributed by atoms with Crippen molar-refractivity contribution in [2.45, 2.75) is 0 Å². The highest BCUT2D eigenvalue weighted by Crippen LogP contribution is 2.49. The average Bonchev–Trinajstić information content (AvgIpc) is 2.97. The number of aromatic nitrogens is 2. The van der Waals surface area contributed by atoms with Gasteiger partial charge in [-0.1, -0.05) is 35.3 Å². The summed E-state index contributed by atoms with van der Waals surface area (Å²) in [4.78, 5) is 46.1. The molecule has 0 bridgehead atoms. The number of aromatic hydroxyl groups is 1. The van der Waals surface area contributed by atoms with Crippen LogP contribution in [-0.4, -0.2) is 37.2 Å². The number of halogens is 2. The summed E-state index contributed by atoms with van der Waals surface area (Å²) in [6.45, 7) is 0. The lowest BCUT2D eigenvalue weighted by Crippen LogP contribution is -2.09. The van der Waals surface area contributed by atoms with Gasteiger partial charge in [0, 0.05) is 81.3 Å². The third-order valence-electron chi connectivity index (χ3n) is 6.79. The number of nitrogens with zero attached hydrogens (tertiary/aromatic N) is 2. The molecule has 0 saturated heterocycles. The normalized spacial score (nSPS) is 11.2. The zero-order chi connectivity index (χ0) is 29.7. The molecule has 2 aliphatic rings. The van der Waals surface area contributed by atoms with Crippen LogP contribution in [0.5, 0.6) is 5.75 Å². The van der Waals surface area contributed by atoms with E-state index in [9.17, 15) is 29.7 Å². The molecule has 6 rings (SSSR count). The number of rotatable bonds is 5. The quantitative estimate of drug-likeness (QED) is 0.176. The van der Waals surface area contributed by atoms with Crippen molar-refractivity contribution in [3.05, 3.63) is 111 Å². The van der Waals surface area contributed by atoms with Crippen LogP contribution in [0, 0.1) is 0 Å². The Hall–Kier alpha value is -5.25. The molecule has 1 aliphatic heterocycles. The van der Waals surface area contributed by atoms with E-state index in [1.54, 1.807) is 42.7 Å². The highest BCUT2D eigenvalue weighted by atomic mass is 35.5. The van der Waals surface area contributed by atoms with Gasteiger partial charge in [0.25, 0.3) is 0 Å². The van der Waals surface area contributed by atoms with Crippen LogP contribution in [0.4, 0.5) is 0 Å². The molecule has 42 heavy (non-hydrogen) atoms. The van der Waals surface area contributed by atoms with Gasteiger partial charge >= 0.3 is 11.9 Å². The lowest BCUT2D eigenvalue weighted by molar-refractivity contribution is 0.0682. The number of hydrogen-bond donors (Lipinski definition) is 3. The third kappa shape index (κ3) is 4.41. The predicted octanol–water partition coefficient (Wildman–Crippen LogP) is 7.10. The number of carboxylic acid groups (broad SMARTS) is 2. The molecule has 0 fully saturated rings. The largest absolute Gasteiger partial charge is 0.507 e. The number of phenolic OH excluding ortho intramolecular Hbond substituents is 1. The first-order chi connectivity index (χ1) is 20.2. The summed E-state index contributed by atoms with van der Waals surface area (Å²) in [6.07, 6.45) is 6.14. The van der Waals surface area contributed by atoms with Crippen LogP contribution in [0.1, 0.15) is 20.7 Å². The Bertz CT molecular complexity index is 2100. The summed E-state index contributed by atoms with van der Waals surface area (Å²) in [5.74, 6) is -3.04. The Kier molecular flexibility index (Phi) is 6.61. The van der Waals surface area contributed by atoms with Gasteiger partial charge in [-0.05, 0) is 30.3 Å². The molecule has 0 spiro atoms. The van der Waals surface area contributed by atoms with Crippen molar-refractivity contribution < 1.29 is 29.3 Å². The van der Waals surface area contributed by atoms with E-state index < -0.39 is 28.5 Å². The Morgan fingerprint density at radius 2 is 1.45 bits per heavy atom. The fraction of sp³-hybridized carbons (Fsp3) is 0. The third-order valence-corrected chi connectivity index (χ3v) is 7.48. The number of benzene rings is 3. The molecule has 11 heteroatoms. The highest BCUT2D eigenvalue weighted by molar-refractivity contribution is 6.41. The molecule has 1 aliphatic carbocycles. The van der Waals surface area contributed by atoms with Crippen LogP contribution in [0.15, 0.2) is 88.6 Å². The maximum absolute atomic E-state index is 13.2. The van der Waals surface area contributed by atoms with Crippen molar-refractivity contribution >= 4 is 46.1 Å². The van der Waals surface area contributed by atoms with E-state index in [-0.39, 0.29) is 54.8 Å². The molecule has 9 nitrogen and oxygen atoms in total. The van der Waals surface area contributed by atoms with Gasteiger partial charge in [0.05, 0.1) is 21.2 Å². The second-order valence-electron chi connectivity index (χ2n) is 9.25. The van der Waals surface area contributed by atoms with Gasteiger partial charge in [0.2, 0.25) is 0 Å². The molecule has 0 saturated carbocycles. The summed E-state index contributed by atoms with van der Waals surface area (Å²) < 4.78 is 6.07. The number of pyridine rings is 2. The lowest BCUT2D eigenvalue weighted by Gasteiger charge is -2.21. The smallest absolute Gasteiger partial charge is 0.337 e. The predicted molar refractivity (Wildman–Crippen MR) is 157 cm³/mol. The first-order valence-corrected chi connectivity index (χ1v) is 13.0. The molecule has 0 amide bonds. The van der Waals surface area contributed by atoms with Crippen molar-refractivity contribution in [3.8, 4) is 50.5 Å². The van der Waals surface area contributed by atoms with Crippen molar-refractivity contribution in [3.63, 3.8) is 0 Å². The molecule has 2 aromatic carbocycles. The topological polar surface area (TPSA) is 151 Å². The summed E-state index contributed by atoms with van der Waals surface area (Å²) in [5, 5.41) is 30.6. The first kappa shape index (κ1) is 26.9. The Morgan fingerprint density at radius 1 is 0.786 bits per heavy atom. The van der Waals surface area contributed by atoms with Crippen LogP contribution in [-0.2, 0) is 0 Å². The van der Waals surface area contributed by atoms with Crippen LogP contribution in [0.25, 0.3) is 55.7 Å². The molecule has 0 unspecified atom stereocenters. The SMILES string of the molecule is O=C(O)c1cc(Cl)c(C(=O)O)c(-c2c3cc(-c4cccnc4)c(=O)cc-3oc3cc(O)c(-c4cccnc4)cc23)c1Cl. The summed E-state index contributed by atoms with van der Waals surface area (Å²) >= 11 is 13.0. The number of carboxylic acids is 2. The van der Waals surface area contributed by atoms with E-state index >= 15 is 0 Å². The maximum Gasteiger partial charge on any atom is 0.337 e. The van der Waals surface area contributed by atoms with Crippen LogP contribution >= 0.6 is 23.2 Å². The van der Waals surface area contributed by atoms with E-state index in [2.05, 4.69) is 9.97 Å². The second-order valence-corrected chi connectivity index (χ2v) is 10.0. The minimum atomic E-state index is -1.46. The van der Waals surface area contributed by atoms with Gasteiger partial charge in [0.15, 0.2) is 5.43 Å². The van der Waals surface area contributed by atoms with Gasteiger partial charge in [-0.2, -0.15) is 0 Å².